The summed E-state index contributed by atoms with van der Waals surface area (Å²) in [6, 6.07) is 13.2. The predicted molar refractivity (Wildman–Crippen MR) is 73.7 cm³/mol. The van der Waals surface area contributed by atoms with Gasteiger partial charge in [-0.15, -0.1) is 0 Å². The van der Waals surface area contributed by atoms with Crippen molar-refractivity contribution in [3.8, 4) is 0 Å². The van der Waals surface area contributed by atoms with Crippen molar-refractivity contribution in [2.24, 2.45) is 5.73 Å². The highest BCUT2D eigenvalue weighted by atomic mass is 16.3. The van der Waals surface area contributed by atoms with Gasteiger partial charge in [-0.05, 0) is 6.07 Å². The van der Waals surface area contributed by atoms with E-state index in [2.05, 4.69) is 0 Å². The van der Waals surface area contributed by atoms with Gasteiger partial charge < -0.3 is 20.4 Å². The van der Waals surface area contributed by atoms with Crippen molar-refractivity contribution in [1.29, 1.82) is 0 Å². The van der Waals surface area contributed by atoms with Crippen molar-refractivity contribution in [3.63, 3.8) is 0 Å². The topological polar surface area (TPSA) is 79.6 Å². The van der Waals surface area contributed by atoms with Gasteiger partial charge in [-0.2, -0.15) is 0 Å². The minimum Gasteiger partial charge on any atom is -0.456 e. The zero-order valence-corrected chi connectivity index (χ0v) is 10.3. The van der Waals surface area contributed by atoms with Crippen LogP contribution in [-0.4, -0.2) is 22.9 Å². The number of furan rings is 1. The van der Waals surface area contributed by atoms with E-state index in [1.54, 1.807) is 6.07 Å². The van der Waals surface area contributed by atoms with Crippen molar-refractivity contribution in [2.45, 2.75) is 12.2 Å². The van der Waals surface area contributed by atoms with E-state index >= 15 is 0 Å². The fraction of sp³-hybridized carbons (Fsp3) is 0.200. The molecule has 0 bridgehead atoms. The summed E-state index contributed by atoms with van der Waals surface area (Å²) in [5.41, 5.74) is 7.31. The van der Waals surface area contributed by atoms with Crippen LogP contribution in [0.5, 0.6) is 0 Å². The van der Waals surface area contributed by atoms with Gasteiger partial charge in [0, 0.05) is 22.9 Å². The molecular weight excluding hydrogens is 242 g/mol. The van der Waals surface area contributed by atoms with E-state index in [4.69, 9.17) is 10.2 Å². The summed E-state index contributed by atoms with van der Waals surface area (Å²) in [4.78, 5) is 0. The van der Waals surface area contributed by atoms with Crippen LogP contribution in [0.25, 0.3) is 21.9 Å². The van der Waals surface area contributed by atoms with Crippen LogP contribution in [0.4, 0.5) is 0 Å². The van der Waals surface area contributed by atoms with E-state index < -0.39 is 12.2 Å². The summed E-state index contributed by atoms with van der Waals surface area (Å²) in [6.07, 6.45) is -2.05. The lowest BCUT2D eigenvalue weighted by Crippen LogP contribution is -2.27. The Hall–Kier alpha value is -1.88. The molecule has 0 radical (unpaired) electrons. The SMILES string of the molecule is NCC(O)C(O)c1cccc2c1oc1ccccc12. The zero-order valence-electron chi connectivity index (χ0n) is 10.3. The lowest BCUT2D eigenvalue weighted by Gasteiger charge is -2.16. The predicted octanol–water partition coefficient (Wildman–Crippen LogP) is 1.94. The number of nitrogens with two attached hydrogens (primary N) is 1. The number of hydrogen-bond donors (Lipinski definition) is 3. The second kappa shape index (κ2) is 4.66. The Labute approximate surface area is 110 Å². The summed E-state index contributed by atoms with van der Waals surface area (Å²) in [6.45, 7) is -0.00220. The van der Waals surface area contributed by atoms with Gasteiger partial charge in [-0.3, -0.25) is 0 Å². The molecule has 2 atom stereocenters. The summed E-state index contributed by atoms with van der Waals surface area (Å²) in [5.74, 6) is 0. The molecule has 4 heteroatoms. The summed E-state index contributed by atoms with van der Waals surface area (Å²) in [7, 11) is 0. The molecule has 0 fully saturated rings. The minimum absolute atomic E-state index is 0.00220. The molecule has 1 heterocycles. The highest BCUT2D eigenvalue weighted by molar-refractivity contribution is 6.05. The molecule has 0 aliphatic heterocycles. The first-order valence-electron chi connectivity index (χ1n) is 6.18. The summed E-state index contributed by atoms with van der Waals surface area (Å²) >= 11 is 0. The number of para-hydroxylation sites is 2. The van der Waals surface area contributed by atoms with Crippen LogP contribution < -0.4 is 5.73 Å². The quantitative estimate of drug-likeness (QED) is 0.670. The standard InChI is InChI=1S/C15H15NO3/c16-8-12(17)14(18)11-6-3-5-10-9-4-1-2-7-13(9)19-15(10)11/h1-7,12,14,17-18H,8,16H2. The fourth-order valence-electron chi connectivity index (χ4n) is 2.34. The molecule has 2 aromatic carbocycles. The third kappa shape index (κ3) is 1.90. The van der Waals surface area contributed by atoms with Crippen molar-refractivity contribution in [3.05, 3.63) is 48.0 Å². The number of aliphatic hydroxyl groups excluding tert-OH is 2. The van der Waals surface area contributed by atoms with Crippen LogP contribution in [0.3, 0.4) is 0 Å². The number of benzene rings is 2. The molecular formula is C15H15NO3. The smallest absolute Gasteiger partial charge is 0.141 e. The molecule has 0 aliphatic carbocycles. The van der Waals surface area contributed by atoms with Crippen LogP contribution in [0.15, 0.2) is 46.9 Å². The minimum atomic E-state index is -1.05. The third-order valence-corrected chi connectivity index (χ3v) is 3.36. The lowest BCUT2D eigenvalue weighted by atomic mass is 10.0. The first-order chi connectivity index (χ1) is 9.22. The van der Waals surface area contributed by atoms with E-state index in [1.165, 1.54) is 0 Å². The van der Waals surface area contributed by atoms with Crippen LogP contribution >= 0.6 is 0 Å². The molecule has 4 N–H and O–H groups in total. The second-order valence-corrected chi connectivity index (χ2v) is 4.57. The van der Waals surface area contributed by atoms with Crippen molar-refractivity contribution in [1.82, 2.24) is 0 Å². The number of hydrogen-bond acceptors (Lipinski definition) is 4. The molecule has 0 spiro atoms. The Morgan fingerprint density at radius 3 is 2.53 bits per heavy atom. The Morgan fingerprint density at radius 1 is 1.00 bits per heavy atom. The summed E-state index contributed by atoms with van der Waals surface area (Å²) < 4.78 is 5.79. The maximum atomic E-state index is 10.1. The van der Waals surface area contributed by atoms with Gasteiger partial charge >= 0.3 is 0 Å². The Balaban J connectivity index is 2.26. The van der Waals surface area contributed by atoms with Crippen LogP contribution in [0, 0.1) is 0 Å². The monoisotopic (exact) mass is 257 g/mol. The van der Waals surface area contributed by atoms with Gasteiger partial charge in [0.25, 0.3) is 0 Å². The molecule has 0 saturated carbocycles. The van der Waals surface area contributed by atoms with Crippen LogP contribution in [0.2, 0.25) is 0 Å². The molecule has 0 aliphatic rings. The Kier molecular flexibility index (Phi) is 2.98. The maximum Gasteiger partial charge on any atom is 0.141 e. The molecule has 0 amide bonds. The van der Waals surface area contributed by atoms with Gasteiger partial charge in [-0.25, -0.2) is 0 Å². The van der Waals surface area contributed by atoms with E-state index in [0.717, 1.165) is 16.4 Å². The normalized spacial score (nSPS) is 14.9. The molecule has 19 heavy (non-hydrogen) atoms. The van der Waals surface area contributed by atoms with Crippen molar-refractivity contribution >= 4 is 21.9 Å². The van der Waals surface area contributed by atoms with Crippen molar-refractivity contribution in [2.75, 3.05) is 6.54 Å². The molecule has 0 saturated heterocycles. The highest BCUT2D eigenvalue weighted by Crippen LogP contribution is 2.33. The van der Waals surface area contributed by atoms with E-state index in [-0.39, 0.29) is 6.54 Å². The van der Waals surface area contributed by atoms with Crippen molar-refractivity contribution < 1.29 is 14.6 Å². The van der Waals surface area contributed by atoms with E-state index in [1.807, 2.05) is 36.4 Å². The van der Waals surface area contributed by atoms with Crippen LogP contribution in [-0.2, 0) is 0 Å². The average molecular weight is 257 g/mol. The molecule has 3 aromatic rings. The second-order valence-electron chi connectivity index (χ2n) is 4.57. The van der Waals surface area contributed by atoms with Gasteiger partial charge in [0.2, 0.25) is 0 Å². The molecule has 1 aromatic heterocycles. The Morgan fingerprint density at radius 2 is 1.74 bits per heavy atom. The highest BCUT2D eigenvalue weighted by Gasteiger charge is 2.21. The lowest BCUT2D eigenvalue weighted by molar-refractivity contribution is 0.0247. The van der Waals surface area contributed by atoms with Gasteiger partial charge in [0.15, 0.2) is 0 Å². The Bertz CT molecular complexity index is 720. The maximum absolute atomic E-state index is 10.1. The zero-order chi connectivity index (χ0) is 13.4. The molecule has 3 rings (SSSR count). The molecule has 98 valence electrons. The average Bonchev–Trinajstić information content (AvgIpc) is 2.84. The fourth-order valence-corrected chi connectivity index (χ4v) is 2.34. The first kappa shape index (κ1) is 12.2. The molecule has 4 nitrogen and oxygen atoms in total. The first-order valence-corrected chi connectivity index (χ1v) is 6.18. The van der Waals surface area contributed by atoms with Crippen LogP contribution in [0.1, 0.15) is 11.7 Å². The molecule has 2 unspecified atom stereocenters. The summed E-state index contributed by atoms with van der Waals surface area (Å²) in [5, 5.41) is 21.7. The third-order valence-electron chi connectivity index (χ3n) is 3.36. The number of fused-ring (bicyclic) bond motifs is 3. The number of rotatable bonds is 3. The largest absolute Gasteiger partial charge is 0.456 e. The van der Waals surface area contributed by atoms with E-state index in [9.17, 15) is 10.2 Å². The van der Waals surface area contributed by atoms with E-state index in [0.29, 0.717) is 11.1 Å². The number of aliphatic hydroxyl groups is 2. The van der Waals surface area contributed by atoms with Gasteiger partial charge in [-0.1, -0.05) is 36.4 Å². The van der Waals surface area contributed by atoms with Gasteiger partial charge in [0.1, 0.15) is 17.3 Å². The van der Waals surface area contributed by atoms with Gasteiger partial charge in [0.05, 0.1) is 6.10 Å².